The summed E-state index contributed by atoms with van der Waals surface area (Å²) in [5, 5.41) is 1.35. The summed E-state index contributed by atoms with van der Waals surface area (Å²) in [6.07, 6.45) is -0.190. The van der Waals surface area contributed by atoms with Gasteiger partial charge < -0.3 is 9.30 Å². The number of nitrogens with zero attached hydrogens (tertiary/aromatic N) is 2. The van der Waals surface area contributed by atoms with Gasteiger partial charge in [-0.25, -0.2) is 0 Å². The topological polar surface area (TPSA) is 34.2 Å². The monoisotopic (exact) mass is 222 g/mol. The summed E-state index contributed by atoms with van der Waals surface area (Å²) < 4.78 is 7.56. The molecular formula is C8H22N2O3Si. The van der Waals surface area contributed by atoms with Crippen molar-refractivity contribution in [2.24, 2.45) is 0 Å². The average molecular weight is 222 g/mol. The van der Waals surface area contributed by atoms with Gasteiger partial charge in [-0.2, -0.15) is 0 Å². The Bertz CT molecular complexity index is 145. The molecule has 5 nitrogen and oxygen atoms in total. The van der Waals surface area contributed by atoms with E-state index in [1.165, 1.54) is 5.23 Å². The molecule has 0 aliphatic rings. The first-order valence-electron chi connectivity index (χ1n) is 4.67. The van der Waals surface area contributed by atoms with Crippen LogP contribution in [0.5, 0.6) is 0 Å². The summed E-state index contributed by atoms with van der Waals surface area (Å²) in [5.74, 6) is 0. The van der Waals surface area contributed by atoms with E-state index < -0.39 is 0 Å². The molecule has 0 aliphatic heterocycles. The number of hydrogen-bond donors (Lipinski definition) is 0. The predicted molar refractivity (Wildman–Crippen MR) is 58.4 cm³/mol. The van der Waals surface area contributed by atoms with Crippen molar-refractivity contribution in [1.82, 2.24) is 9.79 Å². The molecule has 0 aromatic carbocycles. The molecule has 0 heterocycles. The molecule has 0 N–H and O–H groups in total. The van der Waals surface area contributed by atoms with Crippen molar-refractivity contribution < 1.29 is 14.4 Å². The molecule has 86 valence electrons. The van der Waals surface area contributed by atoms with Crippen LogP contribution in [0.1, 0.15) is 13.8 Å². The van der Waals surface area contributed by atoms with Crippen molar-refractivity contribution in [2.45, 2.75) is 26.1 Å². The zero-order valence-corrected chi connectivity index (χ0v) is 12.0. The molecule has 0 saturated heterocycles. The maximum atomic E-state index is 5.27. The third-order valence-electron chi connectivity index (χ3n) is 2.19. The summed E-state index contributed by atoms with van der Waals surface area (Å²) in [4.78, 5) is 10.0. The smallest absolute Gasteiger partial charge is 0.171 e. The Morgan fingerprint density at radius 1 is 1.14 bits per heavy atom. The van der Waals surface area contributed by atoms with E-state index in [2.05, 4.69) is 18.4 Å². The van der Waals surface area contributed by atoms with Gasteiger partial charge in [-0.05, 0) is 11.3 Å². The minimum atomic E-state index is -0.190. The fourth-order valence-electron chi connectivity index (χ4n) is 0.994. The third-order valence-corrected chi connectivity index (χ3v) is 3.59. The first-order chi connectivity index (χ1) is 6.56. The van der Waals surface area contributed by atoms with Gasteiger partial charge >= 0.3 is 0 Å². The molecule has 1 atom stereocenters. The minimum Gasteiger partial charge on any atom is -0.360 e. The molecule has 0 amide bonds. The Morgan fingerprint density at radius 2 is 1.64 bits per heavy atom. The van der Waals surface area contributed by atoms with Crippen LogP contribution in [-0.4, -0.2) is 60.3 Å². The third kappa shape index (κ3) is 4.49. The number of hydroxylamine groups is 2. The minimum absolute atomic E-state index is 0.190. The zero-order chi connectivity index (χ0) is 11.1. The molecule has 0 aromatic rings. The van der Waals surface area contributed by atoms with E-state index in [9.17, 15) is 0 Å². The fourth-order valence-corrected chi connectivity index (χ4v) is 1.31. The van der Waals surface area contributed by atoms with Crippen molar-refractivity contribution in [3.8, 4) is 0 Å². The maximum absolute atomic E-state index is 5.27. The highest BCUT2D eigenvalue weighted by molar-refractivity contribution is 6.04. The number of ether oxygens (including phenoxy) is 1. The summed E-state index contributed by atoms with van der Waals surface area (Å²) in [6, 6.07) is 0.523. The Balaban J connectivity index is 4.12. The Morgan fingerprint density at radius 3 is 1.93 bits per heavy atom. The van der Waals surface area contributed by atoms with Gasteiger partial charge in [-0.15, -0.1) is 0 Å². The van der Waals surface area contributed by atoms with Crippen LogP contribution in [0.15, 0.2) is 0 Å². The van der Waals surface area contributed by atoms with Crippen LogP contribution in [-0.2, 0) is 14.4 Å². The average Bonchev–Trinajstić information content (AvgIpc) is 2.17. The second-order valence-corrected chi connectivity index (χ2v) is 4.52. The SMILES string of the molecule is COC(CN([SiH3])C(C)C)N(OC)OC. The van der Waals surface area contributed by atoms with Gasteiger partial charge in [0.25, 0.3) is 0 Å². The molecule has 0 spiro atoms. The Labute approximate surface area is 89.3 Å². The standard InChI is InChI=1S/C8H22N2O3Si/c1-7(2)9(14)6-8(11-3)10(12-4)13-5/h7-8H,6H2,1-5,14H3. The summed E-state index contributed by atoms with van der Waals surface area (Å²) in [6.45, 7) is 5.09. The number of rotatable bonds is 7. The molecule has 0 rings (SSSR count). The first-order valence-corrected chi connectivity index (χ1v) is 5.56. The Kier molecular flexibility index (Phi) is 7.34. The van der Waals surface area contributed by atoms with E-state index in [0.29, 0.717) is 6.04 Å². The van der Waals surface area contributed by atoms with Gasteiger partial charge in [0.15, 0.2) is 6.23 Å². The van der Waals surface area contributed by atoms with E-state index in [0.717, 1.165) is 16.9 Å². The van der Waals surface area contributed by atoms with Crippen LogP contribution >= 0.6 is 0 Å². The van der Waals surface area contributed by atoms with Gasteiger partial charge in [0.1, 0.15) is 0 Å². The maximum Gasteiger partial charge on any atom is 0.171 e. The van der Waals surface area contributed by atoms with Gasteiger partial charge in [-0.1, -0.05) is 13.8 Å². The van der Waals surface area contributed by atoms with Crippen molar-refractivity contribution in [2.75, 3.05) is 27.9 Å². The summed E-state index contributed by atoms with van der Waals surface area (Å²) in [5.41, 5.74) is 0. The molecule has 6 heteroatoms. The van der Waals surface area contributed by atoms with E-state index in [1.807, 2.05) is 0 Å². The first kappa shape index (κ1) is 14.0. The number of methoxy groups -OCH3 is 1. The van der Waals surface area contributed by atoms with Crippen LogP contribution in [0.3, 0.4) is 0 Å². The van der Waals surface area contributed by atoms with Crippen LogP contribution < -0.4 is 0 Å². The van der Waals surface area contributed by atoms with Crippen LogP contribution in [0.4, 0.5) is 0 Å². The van der Waals surface area contributed by atoms with E-state index in [4.69, 9.17) is 14.4 Å². The van der Waals surface area contributed by atoms with Crippen molar-refractivity contribution in [1.29, 1.82) is 0 Å². The van der Waals surface area contributed by atoms with Crippen molar-refractivity contribution >= 4 is 10.4 Å². The summed E-state index contributed by atoms with van der Waals surface area (Å²) in [7, 11) is 5.75. The van der Waals surface area contributed by atoms with E-state index in [-0.39, 0.29) is 6.23 Å². The van der Waals surface area contributed by atoms with Crippen LogP contribution in [0, 0.1) is 0 Å². The quantitative estimate of drug-likeness (QED) is 0.326. The van der Waals surface area contributed by atoms with Crippen LogP contribution in [0.2, 0.25) is 0 Å². The highest BCUT2D eigenvalue weighted by Gasteiger charge is 2.20. The predicted octanol–water partition coefficient (Wildman–Crippen LogP) is -0.625. The normalized spacial score (nSPS) is 14.6. The van der Waals surface area contributed by atoms with Gasteiger partial charge in [0, 0.05) is 13.7 Å². The van der Waals surface area contributed by atoms with Crippen molar-refractivity contribution in [3.63, 3.8) is 0 Å². The lowest BCUT2D eigenvalue weighted by atomic mass is 10.4. The zero-order valence-electron chi connectivity index (χ0n) is 9.98. The lowest BCUT2D eigenvalue weighted by molar-refractivity contribution is -0.400. The molecular weight excluding hydrogens is 200 g/mol. The fraction of sp³-hybridized carbons (Fsp3) is 1.00. The highest BCUT2D eigenvalue weighted by atomic mass is 28.2. The molecule has 0 radical (unpaired) electrons. The Hall–Kier alpha value is 0.0169. The molecule has 0 bridgehead atoms. The second kappa shape index (κ2) is 7.33. The molecule has 1 unspecified atom stereocenters. The highest BCUT2D eigenvalue weighted by Crippen LogP contribution is 2.04. The largest absolute Gasteiger partial charge is 0.360 e. The molecule has 0 aliphatic carbocycles. The lowest BCUT2D eigenvalue weighted by Crippen LogP contribution is -2.45. The number of hydrogen-bond acceptors (Lipinski definition) is 5. The molecule has 0 fully saturated rings. The molecule has 0 aromatic heterocycles. The van der Waals surface area contributed by atoms with Crippen LogP contribution in [0.25, 0.3) is 0 Å². The lowest BCUT2D eigenvalue weighted by Gasteiger charge is -2.31. The molecule has 14 heavy (non-hydrogen) atoms. The van der Waals surface area contributed by atoms with Gasteiger partial charge in [0.2, 0.25) is 0 Å². The summed E-state index contributed by atoms with van der Waals surface area (Å²) >= 11 is 0. The second-order valence-electron chi connectivity index (χ2n) is 3.37. The van der Waals surface area contributed by atoms with Gasteiger partial charge in [-0.3, -0.25) is 9.68 Å². The van der Waals surface area contributed by atoms with Crippen molar-refractivity contribution in [3.05, 3.63) is 0 Å². The van der Waals surface area contributed by atoms with E-state index >= 15 is 0 Å². The van der Waals surface area contributed by atoms with E-state index in [1.54, 1.807) is 21.3 Å². The molecule has 0 saturated carbocycles. The van der Waals surface area contributed by atoms with Gasteiger partial charge in [0.05, 0.1) is 24.6 Å².